The number of anilines is 2. The second-order valence-corrected chi connectivity index (χ2v) is 4.83. The van der Waals surface area contributed by atoms with E-state index in [1.165, 1.54) is 13.3 Å². The Morgan fingerprint density at radius 3 is 2.67 bits per heavy atom. The van der Waals surface area contributed by atoms with Gasteiger partial charge in [0, 0.05) is 17.3 Å². The summed E-state index contributed by atoms with van der Waals surface area (Å²) in [4.78, 5) is 19.1. The lowest BCUT2D eigenvalue weighted by Crippen LogP contribution is -2.06. The van der Waals surface area contributed by atoms with Crippen molar-refractivity contribution < 1.29 is 14.6 Å². The lowest BCUT2D eigenvalue weighted by atomic mass is 10.2. The average Bonchev–Trinajstić information content (AvgIpc) is 2.42. The Morgan fingerprint density at radius 2 is 2.10 bits per heavy atom. The van der Waals surface area contributed by atoms with Gasteiger partial charge in [0.05, 0.1) is 24.1 Å². The van der Waals surface area contributed by atoms with E-state index >= 15 is 0 Å². The van der Waals surface area contributed by atoms with E-state index in [-0.39, 0.29) is 11.5 Å². The Balaban J connectivity index is 2.36. The van der Waals surface area contributed by atoms with Gasteiger partial charge in [0.25, 0.3) is 0 Å². The summed E-state index contributed by atoms with van der Waals surface area (Å²) in [6, 6.07) is 3.50. The van der Waals surface area contributed by atoms with Crippen molar-refractivity contribution in [1.29, 1.82) is 0 Å². The number of benzene rings is 1. The highest BCUT2D eigenvalue weighted by Gasteiger charge is 2.12. The molecule has 7 heteroatoms. The summed E-state index contributed by atoms with van der Waals surface area (Å²) in [5.41, 5.74) is 1.98. The van der Waals surface area contributed by atoms with Gasteiger partial charge in [-0.05, 0) is 25.5 Å². The Kier molecular flexibility index (Phi) is 4.28. The number of rotatable bonds is 4. The van der Waals surface area contributed by atoms with Gasteiger partial charge >= 0.3 is 5.97 Å². The maximum Gasteiger partial charge on any atom is 0.339 e. The molecule has 2 N–H and O–H groups in total. The number of methoxy groups -OCH3 is 1. The number of nitrogens with zero attached hydrogens (tertiary/aromatic N) is 2. The molecule has 0 radical (unpaired) electrons. The predicted octanol–water partition coefficient (Wildman–Crippen LogP) is 3.20. The molecule has 0 unspecified atom stereocenters. The largest absolute Gasteiger partial charge is 0.495 e. The van der Waals surface area contributed by atoms with Crippen molar-refractivity contribution in [2.75, 3.05) is 12.4 Å². The minimum absolute atomic E-state index is 0.0693. The van der Waals surface area contributed by atoms with Crippen LogP contribution in [0, 0.1) is 13.8 Å². The highest BCUT2D eigenvalue weighted by Crippen LogP contribution is 2.32. The third-order valence-corrected chi connectivity index (χ3v) is 3.34. The lowest BCUT2D eigenvalue weighted by Gasteiger charge is -2.12. The van der Waals surface area contributed by atoms with Crippen LogP contribution in [0.25, 0.3) is 0 Å². The molecule has 110 valence electrons. The van der Waals surface area contributed by atoms with Crippen molar-refractivity contribution in [2.24, 2.45) is 0 Å². The second-order valence-electron chi connectivity index (χ2n) is 4.42. The number of nitrogens with one attached hydrogen (secondary N) is 1. The quantitative estimate of drug-likeness (QED) is 0.902. The third kappa shape index (κ3) is 3.22. The van der Waals surface area contributed by atoms with Crippen molar-refractivity contribution in [1.82, 2.24) is 9.97 Å². The Labute approximate surface area is 126 Å². The van der Waals surface area contributed by atoms with Gasteiger partial charge < -0.3 is 15.2 Å². The van der Waals surface area contributed by atoms with Crippen LogP contribution in [0.3, 0.4) is 0 Å². The molecule has 0 saturated heterocycles. The predicted molar refractivity (Wildman–Crippen MR) is 79.8 cm³/mol. The van der Waals surface area contributed by atoms with Crippen molar-refractivity contribution in [2.45, 2.75) is 13.8 Å². The fraction of sp³-hybridized carbons (Fsp3) is 0.214. The maximum atomic E-state index is 10.9. The molecule has 0 bridgehead atoms. The maximum absolute atomic E-state index is 10.9. The Morgan fingerprint density at radius 1 is 1.38 bits per heavy atom. The van der Waals surface area contributed by atoms with E-state index in [0.717, 1.165) is 5.56 Å². The first kappa shape index (κ1) is 15.1. The van der Waals surface area contributed by atoms with Crippen LogP contribution in [-0.4, -0.2) is 28.2 Å². The van der Waals surface area contributed by atoms with Crippen LogP contribution in [0.15, 0.2) is 18.3 Å². The Hall–Kier alpha value is -2.34. The monoisotopic (exact) mass is 307 g/mol. The van der Waals surface area contributed by atoms with Gasteiger partial charge in [0.15, 0.2) is 0 Å². The first-order valence-electron chi connectivity index (χ1n) is 6.10. The smallest absolute Gasteiger partial charge is 0.339 e. The SMILES string of the molecule is COc1cc(Cl)c(C)cc1Nc1ncc(C(=O)O)c(C)n1. The minimum Gasteiger partial charge on any atom is -0.495 e. The number of halogens is 1. The molecule has 2 aromatic rings. The number of aryl methyl sites for hydroxylation is 2. The van der Waals surface area contributed by atoms with Gasteiger partial charge in [0.2, 0.25) is 5.95 Å². The molecule has 6 nitrogen and oxygen atoms in total. The number of aromatic carboxylic acids is 1. The summed E-state index contributed by atoms with van der Waals surface area (Å²) < 4.78 is 5.25. The fourth-order valence-electron chi connectivity index (χ4n) is 1.79. The normalized spacial score (nSPS) is 10.3. The van der Waals surface area contributed by atoms with E-state index in [4.69, 9.17) is 21.4 Å². The van der Waals surface area contributed by atoms with Gasteiger partial charge in [-0.1, -0.05) is 11.6 Å². The van der Waals surface area contributed by atoms with E-state index < -0.39 is 5.97 Å². The molecule has 1 heterocycles. The standard InChI is InChI=1S/C14H14ClN3O3/c1-7-4-11(12(21-3)5-10(7)15)18-14-16-6-9(13(19)20)8(2)17-14/h4-6H,1-3H3,(H,19,20)(H,16,17,18). The van der Waals surface area contributed by atoms with E-state index in [9.17, 15) is 4.79 Å². The van der Waals surface area contributed by atoms with Crippen LogP contribution in [0.4, 0.5) is 11.6 Å². The molecular formula is C14H14ClN3O3. The van der Waals surface area contributed by atoms with Crippen LogP contribution in [0.1, 0.15) is 21.6 Å². The number of hydrogen-bond acceptors (Lipinski definition) is 5. The molecule has 0 aliphatic rings. The third-order valence-electron chi connectivity index (χ3n) is 2.94. The van der Waals surface area contributed by atoms with Crippen molar-refractivity contribution in [3.63, 3.8) is 0 Å². The minimum atomic E-state index is -1.06. The van der Waals surface area contributed by atoms with E-state index in [2.05, 4.69) is 15.3 Å². The summed E-state index contributed by atoms with van der Waals surface area (Å²) in [6.07, 6.45) is 1.27. The zero-order valence-electron chi connectivity index (χ0n) is 11.8. The molecule has 0 atom stereocenters. The highest BCUT2D eigenvalue weighted by molar-refractivity contribution is 6.31. The van der Waals surface area contributed by atoms with Crippen LogP contribution in [0.5, 0.6) is 5.75 Å². The zero-order chi connectivity index (χ0) is 15.6. The molecule has 21 heavy (non-hydrogen) atoms. The van der Waals surface area contributed by atoms with Gasteiger partial charge in [-0.15, -0.1) is 0 Å². The second kappa shape index (κ2) is 5.97. The number of aromatic nitrogens is 2. The van der Waals surface area contributed by atoms with Gasteiger partial charge in [-0.25, -0.2) is 14.8 Å². The molecule has 0 aliphatic heterocycles. The first-order valence-corrected chi connectivity index (χ1v) is 6.48. The van der Waals surface area contributed by atoms with E-state index in [1.807, 2.05) is 13.0 Å². The number of carbonyl (C=O) groups is 1. The molecular weight excluding hydrogens is 294 g/mol. The summed E-state index contributed by atoms with van der Waals surface area (Å²) in [5.74, 6) is -0.217. The molecule has 0 saturated carbocycles. The summed E-state index contributed by atoms with van der Waals surface area (Å²) in [6.45, 7) is 3.48. The highest BCUT2D eigenvalue weighted by atomic mass is 35.5. The van der Waals surface area contributed by atoms with Crippen molar-refractivity contribution in [3.8, 4) is 5.75 Å². The van der Waals surface area contributed by atoms with Gasteiger partial charge in [-0.3, -0.25) is 0 Å². The molecule has 0 aliphatic carbocycles. The summed E-state index contributed by atoms with van der Waals surface area (Å²) >= 11 is 6.04. The van der Waals surface area contributed by atoms with Crippen LogP contribution >= 0.6 is 11.6 Å². The number of ether oxygens (including phenoxy) is 1. The zero-order valence-corrected chi connectivity index (χ0v) is 12.5. The molecule has 1 aromatic carbocycles. The molecule has 0 spiro atoms. The Bertz CT molecular complexity index is 704. The van der Waals surface area contributed by atoms with Crippen LogP contribution in [0.2, 0.25) is 5.02 Å². The van der Waals surface area contributed by atoms with E-state index in [1.54, 1.807) is 13.0 Å². The summed E-state index contributed by atoms with van der Waals surface area (Å²) in [5, 5.41) is 12.6. The molecule has 1 aromatic heterocycles. The number of hydrogen-bond donors (Lipinski definition) is 2. The summed E-state index contributed by atoms with van der Waals surface area (Å²) in [7, 11) is 1.53. The van der Waals surface area contributed by atoms with Crippen molar-refractivity contribution >= 4 is 29.2 Å². The average molecular weight is 308 g/mol. The molecule has 0 amide bonds. The van der Waals surface area contributed by atoms with Gasteiger partial charge in [-0.2, -0.15) is 0 Å². The van der Waals surface area contributed by atoms with Gasteiger partial charge in [0.1, 0.15) is 5.75 Å². The number of carboxylic acids is 1. The van der Waals surface area contributed by atoms with Crippen molar-refractivity contribution in [3.05, 3.63) is 40.2 Å². The molecule has 2 rings (SSSR count). The van der Waals surface area contributed by atoms with Crippen LogP contribution in [-0.2, 0) is 0 Å². The lowest BCUT2D eigenvalue weighted by molar-refractivity contribution is 0.0695. The fourth-order valence-corrected chi connectivity index (χ4v) is 1.94. The topological polar surface area (TPSA) is 84.3 Å². The number of carboxylic acid groups (broad SMARTS) is 1. The van der Waals surface area contributed by atoms with E-state index in [0.29, 0.717) is 22.2 Å². The van der Waals surface area contributed by atoms with Crippen LogP contribution < -0.4 is 10.1 Å². The first-order chi connectivity index (χ1) is 9.92. The molecule has 0 fully saturated rings.